The Kier molecular flexibility index (Phi) is 4.66. The van der Waals surface area contributed by atoms with Gasteiger partial charge in [-0.3, -0.25) is 14.2 Å². The fourth-order valence-electron chi connectivity index (χ4n) is 2.45. The number of thiophene rings is 1. The van der Waals surface area contributed by atoms with Crippen molar-refractivity contribution in [2.24, 2.45) is 5.92 Å². The van der Waals surface area contributed by atoms with E-state index < -0.39 is 5.97 Å². The number of nitrogens with one attached hydrogen (secondary N) is 1. The molecule has 0 spiro atoms. The molecule has 24 heavy (non-hydrogen) atoms. The average molecular weight is 349 g/mol. The van der Waals surface area contributed by atoms with Crippen LogP contribution in [0.15, 0.2) is 11.1 Å². The minimum Gasteiger partial charge on any atom is -0.462 e. The van der Waals surface area contributed by atoms with E-state index >= 15 is 0 Å². The Morgan fingerprint density at radius 2 is 2.21 bits per heavy atom. The molecule has 0 aromatic carbocycles. The number of aromatic nitrogens is 2. The van der Waals surface area contributed by atoms with Gasteiger partial charge in [-0.05, 0) is 38.2 Å². The summed E-state index contributed by atoms with van der Waals surface area (Å²) in [4.78, 5) is 41.6. The van der Waals surface area contributed by atoms with Crippen LogP contribution in [0.5, 0.6) is 0 Å². The summed E-state index contributed by atoms with van der Waals surface area (Å²) >= 11 is 1.14. The molecule has 1 saturated carbocycles. The first-order valence-electron chi connectivity index (χ1n) is 7.93. The van der Waals surface area contributed by atoms with Gasteiger partial charge in [-0.2, -0.15) is 0 Å². The lowest BCUT2D eigenvalue weighted by Crippen LogP contribution is -2.33. The zero-order valence-electron chi connectivity index (χ0n) is 13.6. The number of fused-ring (bicyclic) bond motifs is 1. The molecule has 0 saturated heterocycles. The molecule has 0 atom stereocenters. The van der Waals surface area contributed by atoms with Gasteiger partial charge in [0.15, 0.2) is 0 Å². The first-order chi connectivity index (χ1) is 11.5. The Morgan fingerprint density at radius 3 is 2.88 bits per heavy atom. The van der Waals surface area contributed by atoms with Crippen LogP contribution in [0.1, 0.15) is 35.0 Å². The van der Waals surface area contributed by atoms with Gasteiger partial charge in [0.25, 0.3) is 5.56 Å². The van der Waals surface area contributed by atoms with Crippen LogP contribution in [0.4, 0.5) is 0 Å². The maximum atomic E-state index is 12.6. The van der Waals surface area contributed by atoms with Crippen molar-refractivity contribution >= 4 is 33.4 Å². The van der Waals surface area contributed by atoms with Crippen molar-refractivity contribution < 1.29 is 14.3 Å². The summed E-state index contributed by atoms with van der Waals surface area (Å²) in [6, 6.07) is 0. The van der Waals surface area contributed by atoms with E-state index in [-0.39, 0.29) is 24.6 Å². The van der Waals surface area contributed by atoms with Gasteiger partial charge < -0.3 is 10.1 Å². The number of hydrogen-bond acceptors (Lipinski definition) is 6. The quantitative estimate of drug-likeness (QED) is 0.798. The molecule has 1 aliphatic rings. The summed E-state index contributed by atoms with van der Waals surface area (Å²) in [7, 11) is 0. The predicted octanol–water partition coefficient (Wildman–Crippen LogP) is 1.47. The molecular formula is C16H19N3O4S. The van der Waals surface area contributed by atoms with E-state index in [4.69, 9.17) is 4.74 Å². The van der Waals surface area contributed by atoms with Crippen LogP contribution in [0.25, 0.3) is 10.2 Å². The molecule has 1 aliphatic carbocycles. The van der Waals surface area contributed by atoms with E-state index in [1.807, 2.05) is 0 Å². The highest BCUT2D eigenvalue weighted by atomic mass is 32.1. The van der Waals surface area contributed by atoms with Crippen molar-refractivity contribution in [3.05, 3.63) is 27.1 Å². The third-order valence-corrected chi connectivity index (χ3v) is 5.16. The molecule has 2 aromatic rings. The Labute approximate surface area is 142 Å². The van der Waals surface area contributed by atoms with Crippen LogP contribution < -0.4 is 10.9 Å². The lowest BCUT2D eigenvalue weighted by atomic mass is 10.2. The minimum atomic E-state index is -0.453. The van der Waals surface area contributed by atoms with Gasteiger partial charge in [-0.25, -0.2) is 9.78 Å². The van der Waals surface area contributed by atoms with Crippen molar-refractivity contribution in [1.82, 2.24) is 14.9 Å². The Balaban J connectivity index is 1.86. The van der Waals surface area contributed by atoms with E-state index in [1.165, 1.54) is 10.9 Å². The van der Waals surface area contributed by atoms with E-state index in [9.17, 15) is 14.4 Å². The molecule has 7 nitrogen and oxygen atoms in total. The molecule has 0 unspecified atom stereocenters. The van der Waals surface area contributed by atoms with Gasteiger partial charge in [-0.1, -0.05) is 0 Å². The molecular weight excluding hydrogens is 330 g/mol. The predicted molar refractivity (Wildman–Crippen MR) is 90.3 cm³/mol. The maximum absolute atomic E-state index is 12.6. The monoisotopic (exact) mass is 349 g/mol. The molecule has 1 fully saturated rings. The summed E-state index contributed by atoms with van der Waals surface area (Å²) in [6.45, 7) is 4.29. The number of carbonyl (C=O) groups excluding carboxylic acids is 2. The van der Waals surface area contributed by atoms with Crippen molar-refractivity contribution in [1.29, 1.82) is 0 Å². The number of amides is 1. The van der Waals surface area contributed by atoms with Gasteiger partial charge in [-0.15, -0.1) is 11.3 Å². The number of ether oxygens (including phenoxy) is 1. The van der Waals surface area contributed by atoms with Gasteiger partial charge in [0, 0.05) is 6.54 Å². The second kappa shape index (κ2) is 6.72. The highest BCUT2D eigenvalue weighted by Gasteiger charge is 2.23. The molecule has 0 bridgehead atoms. The molecule has 2 aromatic heterocycles. The van der Waals surface area contributed by atoms with E-state index in [2.05, 4.69) is 10.3 Å². The summed E-state index contributed by atoms with van der Waals surface area (Å²) in [6.07, 6.45) is 3.66. The topological polar surface area (TPSA) is 90.3 Å². The van der Waals surface area contributed by atoms with E-state index in [0.29, 0.717) is 33.1 Å². The average Bonchev–Trinajstić information content (AvgIpc) is 3.31. The number of hydrogen-bond donors (Lipinski definition) is 1. The number of rotatable bonds is 6. The summed E-state index contributed by atoms with van der Waals surface area (Å²) in [5.74, 6) is -0.0766. The van der Waals surface area contributed by atoms with Crippen LogP contribution in [0.3, 0.4) is 0 Å². The fourth-order valence-corrected chi connectivity index (χ4v) is 3.49. The zero-order chi connectivity index (χ0) is 17.3. The number of nitrogens with zero attached hydrogens (tertiary/aromatic N) is 2. The number of esters is 1. The lowest BCUT2D eigenvalue weighted by Gasteiger charge is -2.06. The molecule has 2 heterocycles. The fraction of sp³-hybridized carbons (Fsp3) is 0.500. The first-order valence-corrected chi connectivity index (χ1v) is 8.75. The molecule has 3 rings (SSSR count). The Hall–Kier alpha value is -2.22. The van der Waals surface area contributed by atoms with Crippen LogP contribution in [-0.2, 0) is 16.1 Å². The second-order valence-electron chi connectivity index (χ2n) is 5.88. The maximum Gasteiger partial charge on any atom is 0.348 e. The van der Waals surface area contributed by atoms with Gasteiger partial charge in [0.2, 0.25) is 5.91 Å². The minimum absolute atomic E-state index is 0.0709. The summed E-state index contributed by atoms with van der Waals surface area (Å²) in [5, 5.41) is 3.20. The van der Waals surface area contributed by atoms with Gasteiger partial charge in [0.05, 0.1) is 18.3 Å². The molecule has 1 amide bonds. The Bertz CT molecular complexity index is 851. The standard InChI is InChI=1S/C16H19N3O4S/c1-3-23-16(22)13-9(2)12-14(24-13)18-8-19(15(12)21)7-11(20)17-6-10-4-5-10/h8,10H,3-7H2,1-2H3,(H,17,20). The normalized spacial score (nSPS) is 13.9. The lowest BCUT2D eigenvalue weighted by molar-refractivity contribution is -0.121. The highest BCUT2D eigenvalue weighted by molar-refractivity contribution is 7.20. The highest BCUT2D eigenvalue weighted by Crippen LogP contribution is 2.28. The van der Waals surface area contributed by atoms with Crippen LogP contribution in [0, 0.1) is 12.8 Å². The van der Waals surface area contributed by atoms with Crippen molar-refractivity contribution in [2.45, 2.75) is 33.2 Å². The van der Waals surface area contributed by atoms with Crippen LogP contribution >= 0.6 is 11.3 Å². The van der Waals surface area contributed by atoms with Crippen molar-refractivity contribution in [3.63, 3.8) is 0 Å². The van der Waals surface area contributed by atoms with Crippen LogP contribution in [-0.4, -0.2) is 34.6 Å². The molecule has 0 aliphatic heterocycles. The largest absolute Gasteiger partial charge is 0.462 e. The zero-order valence-corrected chi connectivity index (χ0v) is 14.4. The second-order valence-corrected chi connectivity index (χ2v) is 6.88. The van der Waals surface area contributed by atoms with Crippen molar-refractivity contribution in [3.8, 4) is 0 Å². The van der Waals surface area contributed by atoms with Gasteiger partial charge in [0.1, 0.15) is 16.3 Å². The summed E-state index contributed by atoms with van der Waals surface area (Å²) < 4.78 is 6.28. The number of aryl methyl sites for hydroxylation is 1. The summed E-state index contributed by atoms with van der Waals surface area (Å²) in [5.41, 5.74) is 0.240. The van der Waals surface area contributed by atoms with E-state index in [1.54, 1.807) is 13.8 Å². The smallest absolute Gasteiger partial charge is 0.348 e. The molecule has 1 N–H and O–H groups in total. The molecule has 0 radical (unpaired) electrons. The SMILES string of the molecule is CCOC(=O)c1sc2ncn(CC(=O)NCC3CC3)c(=O)c2c1C. The van der Waals surface area contributed by atoms with Crippen molar-refractivity contribution in [2.75, 3.05) is 13.2 Å². The van der Waals surface area contributed by atoms with E-state index in [0.717, 1.165) is 24.2 Å². The van der Waals surface area contributed by atoms with Gasteiger partial charge >= 0.3 is 5.97 Å². The molecule has 128 valence electrons. The number of carbonyl (C=O) groups is 2. The third-order valence-electron chi connectivity index (χ3n) is 3.98. The molecule has 8 heteroatoms. The Morgan fingerprint density at radius 1 is 1.46 bits per heavy atom. The first kappa shape index (κ1) is 16.6. The van der Waals surface area contributed by atoms with Crippen LogP contribution in [0.2, 0.25) is 0 Å². The third kappa shape index (κ3) is 3.33.